The van der Waals surface area contributed by atoms with E-state index in [0.717, 1.165) is 19.4 Å². The molecule has 2 nitrogen and oxygen atoms in total. The van der Waals surface area contributed by atoms with Gasteiger partial charge in [-0.3, -0.25) is 0 Å². The molecular weight excluding hydrogens is 242 g/mol. The Labute approximate surface area is 116 Å². The lowest BCUT2D eigenvalue weighted by molar-refractivity contribution is 0.00553. The Morgan fingerprint density at radius 3 is 2.33 bits per heavy atom. The van der Waals surface area contributed by atoms with Gasteiger partial charge in [0.05, 0.1) is 6.10 Å². The minimum absolute atomic E-state index is 0.284. The Morgan fingerprint density at radius 1 is 1.22 bits per heavy atom. The molecule has 0 amide bonds. The molecule has 3 heteroatoms. The van der Waals surface area contributed by atoms with Crippen LogP contribution in [0.2, 0.25) is 0 Å². The topological polar surface area (TPSA) is 21.3 Å². The number of hydrogen-bond donors (Lipinski definition) is 1. The third kappa shape index (κ3) is 4.38. The fourth-order valence-electron chi connectivity index (χ4n) is 2.29. The minimum Gasteiger partial charge on any atom is -0.377 e. The molecule has 0 radical (unpaired) electrons. The Hall–Kier alpha value is -0.380. The molecule has 0 spiro atoms. The van der Waals surface area contributed by atoms with Crippen molar-refractivity contribution < 1.29 is 4.74 Å². The summed E-state index contributed by atoms with van der Waals surface area (Å²) in [6.45, 7) is 9.53. The summed E-state index contributed by atoms with van der Waals surface area (Å²) in [5, 5.41) is 3.43. The number of hydrogen-bond acceptors (Lipinski definition) is 3. The van der Waals surface area contributed by atoms with Gasteiger partial charge in [-0.15, -0.1) is 11.3 Å². The van der Waals surface area contributed by atoms with E-state index in [-0.39, 0.29) is 6.10 Å². The maximum absolute atomic E-state index is 5.90. The zero-order valence-corrected chi connectivity index (χ0v) is 13.1. The molecule has 1 heterocycles. The van der Waals surface area contributed by atoms with Crippen LogP contribution in [-0.2, 0) is 17.6 Å². The van der Waals surface area contributed by atoms with E-state index in [9.17, 15) is 0 Å². The van der Waals surface area contributed by atoms with Gasteiger partial charge in [0.25, 0.3) is 0 Å². The quantitative estimate of drug-likeness (QED) is 0.780. The summed E-state index contributed by atoms with van der Waals surface area (Å²) in [4.78, 5) is 2.92. The summed E-state index contributed by atoms with van der Waals surface area (Å²) >= 11 is 1.93. The molecule has 0 aliphatic rings. The van der Waals surface area contributed by atoms with Gasteiger partial charge in [0.2, 0.25) is 0 Å². The van der Waals surface area contributed by atoms with Crippen LogP contribution in [0.5, 0.6) is 0 Å². The first-order valence-electron chi connectivity index (χ1n) is 6.98. The van der Waals surface area contributed by atoms with Gasteiger partial charge < -0.3 is 10.1 Å². The average Bonchev–Trinajstić information content (AvgIpc) is 2.81. The van der Waals surface area contributed by atoms with Crippen molar-refractivity contribution >= 4 is 11.3 Å². The molecule has 2 atom stereocenters. The minimum atomic E-state index is 0.284. The molecule has 1 rings (SSSR count). The van der Waals surface area contributed by atoms with Gasteiger partial charge in [0.1, 0.15) is 0 Å². The molecule has 0 saturated heterocycles. The number of rotatable bonds is 8. The van der Waals surface area contributed by atoms with E-state index in [0.29, 0.717) is 12.0 Å². The highest BCUT2D eigenvalue weighted by molar-refractivity contribution is 7.11. The second kappa shape index (κ2) is 7.93. The SMILES string of the molecule is CCOC(C(C)C)C(Cc1ccc(CC)s1)NC. The van der Waals surface area contributed by atoms with Crippen molar-refractivity contribution in [3.63, 3.8) is 0 Å². The van der Waals surface area contributed by atoms with Crippen LogP contribution in [0, 0.1) is 5.92 Å². The Balaban J connectivity index is 2.69. The molecule has 0 fully saturated rings. The third-order valence-electron chi connectivity index (χ3n) is 3.27. The highest BCUT2D eigenvalue weighted by Crippen LogP contribution is 2.21. The van der Waals surface area contributed by atoms with Gasteiger partial charge in [-0.25, -0.2) is 0 Å². The van der Waals surface area contributed by atoms with E-state index in [1.165, 1.54) is 9.75 Å². The zero-order valence-electron chi connectivity index (χ0n) is 12.3. The maximum Gasteiger partial charge on any atom is 0.0754 e. The molecule has 1 aromatic heterocycles. The second-order valence-corrected chi connectivity index (χ2v) is 6.24. The van der Waals surface area contributed by atoms with Crippen molar-refractivity contribution in [1.82, 2.24) is 5.32 Å². The van der Waals surface area contributed by atoms with Crippen molar-refractivity contribution in [3.05, 3.63) is 21.9 Å². The van der Waals surface area contributed by atoms with Gasteiger partial charge in [-0.05, 0) is 44.9 Å². The van der Waals surface area contributed by atoms with Crippen molar-refractivity contribution in [2.24, 2.45) is 5.92 Å². The number of nitrogens with one attached hydrogen (secondary N) is 1. The standard InChI is InChI=1S/C15H27NOS/c1-6-12-8-9-13(18-12)10-14(16-5)15(11(3)4)17-7-2/h8-9,11,14-16H,6-7,10H2,1-5H3. The van der Waals surface area contributed by atoms with Gasteiger partial charge in [0, 0.05) is 22.4 Å². The third-order valence-corrected chi connectivity index (χ3v) is 4.52. The first kappa shape index (κ1) is 15.7. The van der Waals surface area contributed by atoms with Crippen LogP contribution >= 0.6 is 11.3 Å². The van der Waals surface area contributed by atoms with E-state index in [2.05, 4.69) is 45.1 Å². The van der Waals surface area contributed by atoms with Crippen LogP contribution in [0.1, 0.15) is 37.4 Å². The summed E-state index contributed by atoms with van der Waals surface area (Å²) in [5.74, 6) is 0.535. The molecular formula is C15H27NOS. The summed E-state index contributed by atoms with van der Waals surface area (Å²) in [6, 6.07) is 4.91. The number of ether oxygens (including phenoxy) is 1. The summed E-state index contributed by atoms with van der Waals surface area (Å²) in [6.07, 6.45) is 2.48. The summed E-state index contributed by atoms with van der Waals surface area (Å²) in [7, 11) is 2.04. The van der Waals surface area contributed by atoms with Crippen LogP contribution in [0.3, 0.4) is 0 Å². The lowest BCUT2D eigenvalue weighted by Crippen LogP contribution is -2.44. The molecule has 0 aliphatic heterocycles. The molecule has 18 heavy (non-hydrogen) atoms. The van der Waals surface area contributed by atoms with E-state index < -0.39 is 0 Å². The molecule has 104 valence electrons. The lowest BCUT2D eigenvalue weighted by Gasteiger charge is -2.29. The van der Waals surface area contributed by atoms with E-state index in [1.807, 2.05) is 18.4 Å². The van der Waals surface area contributed by atoms with E-state index in [1.54, 1.807) is 0 Å². The molecule has 2 unspecified atom stereocenters. The van der Waals surface area contributed by atoms with Gasteiger partial charge >= 0.3 is 0 Å². The maximum atomic E-state index is 5.90. The fraction of sp³-hybridized carbons (Fsp3) is 0.733. The highest BCUT2D eigenvalue weighted by Gasteiger charge is 2.24. The van der Waals surface area contributed by atoms with Crippen LogP contribution in [0.4, 0.5) is 0 Å². The highest BCUT2D eigenvalue weighted by atomic mass is 32.1. The van der Waals surface area contributed by atoms with Crippen molar-refractivity contribution in [2.75, 3.05) is 13.7 Å². The predicted molar refractivity (Wildman–Crippen MR) is 80.5 cm³/mol. The number of thiophene rings is 1. The Kier molecular flexibility index (Phi) is 6.90. The normalized spacial score (nSPS) is 15.0. The summed E-state index contributed by atoms with van der Waals surface area (Å²) in [5.41, 5.74) is 0. The van der Waals surface area contributed by atoms with Crippen molar-refractivity contribution in [3.8, 4) is 0 Å². The number of aryl methyl sites for hydroxylation is 1. The van der Waals surface area contributed by atoms with E-state index in [4.69, 9.17) is 4.74 Å². The predicted octanol–water partition coefficient (Wildman–Crippen LogP) is 3.50. The smallest absolute Gasteiger partial charge is 0.0754 e. The fourth-order valence-corrected chi connectivity index (χ4v) is 3.30. The van der Waals surface area contributed by atoms with Crippen LogP contribution in [0.15, 0.2) is 12.1 Å². The largest absolute Gasteiger partial charge is 0.377 e. The second-order valence-electron chi connectivity index (χ2n) is 4.98. The first-order valence-corrected chi connectivity index (χ1v) is 7.80. The van der Waals surface area contributed by atoms with Crippen LogP contribution in [-0.4, -0.2) is 25.8 Å². The first-order chi connectivity index (χ1) is 8.62. The molecule has 0 saturated carbocycles. The van der Waals surface area contributed by atoms with Gasteiger partial charge in [-0.1, -0.05) is 20.8 Å². The average molecular weight is 269 g/mol. The lowest BCUT2D eigenvalue weighted by atomic mass is 9.96. The molecule has 1 aromatic rings. The van der Waals surface area contributed by atoms with Crippen LogP contribution < -0.4 is 5.32 Å². The van der Waals surface area contributed by atoms with Crippen molar-refractivity contribution in [1.29, 1.82) is 0 Å². The van der Waals surface area contributed by atoms with Crippen LogP contribution in [0.25, 0.3) is 0 Å². The molecule has 0 bridgehead atoms. The van der Waals surface area contributed by atoms with Gasteiger partial charge in [0.15, 0.2) is 0 Å². The Morgan fingerprint density at radius 2 is 1.89 bits per heavy atom. The number of likely N-dealkylation sites (N-methyl/N-ethyl adjacent to an activating group) is 1. The Bertz CT molecular complexity index is 335. The molecule has 1 N–H and O–H groups in total. The van der Waals surface area contributed by atoms with E-state index >= 15 is 0 Å². The zero-order chi connectivity index (χ0) is 13.5. The van der Waals surface area contributed by atoms with Crippen molar-refractivity contribution in [2.45, 2.75) is 52.7 Å². The van der Waals surface area contributed by atoms with Gasteiger partial charge in [-0.2, -0.15) is 0 Å². The molecule has 0 aromatic carbocycles. The molecule has 0 aliphatic carbocycles. The summed E-state index contributed by atoms with van der Waals surface area (Å²) < 4.78 is 5.90. The monoisotopic (exact) mass is 269 g/mol.